The topological polar surface area (TPSA) is 70.5 Å². The average molecular weight is 424 g/mol. The molecule has 0 unspecified atom stereocenters. The van der Waals surface area contributed by atoms with Crippen molar-refractivity contribution in [3.63, 3.8) is 0 Å². The summed E-state index contributed by atoms with van der Waals surface area (Å²) in [5, 5.41) is 4.76. The molecular formula is C23H29N5OS. The number of allylic oxidation sites excluding steroid dienone is 1. The number of likely N-dealkylation sites (N-methyl/N-ethyl adjacent to an activating group) is 1. The van der Waals surface area contributed by atoms with Gasteiger partial charge in [-0.1, -0.05) is 17.8 Å². The van der Waals surface area contributed by atoms with Gasteiger partial charge in [-0.3, -0.25) is 4.79 Å². The predicted octanol–water partition coefficient (Wildman–Crippen LogP) is 4.28. The van der Waals surface area contributed by atoms with Crippen molar-refractivity contribution in [3.8, 4) is 0 Å². The molecule has 1 aliphatic rings. The number of carbonyl (C=O) groups excluding carboxylic acids is 1. The van der Waals surface area contributed by atoms with E-state index in [0.717, 1.165) is 22.5 Å². The molecule has 0 bridgehead atoms. The first-order valence-corrected chi connectivity index (χ1v) is 10.9. The van der Waals surface area contributed by atoms with Crippen molar-refractivity contribution >= 4 is 35.1 Å². The summed E-state index contributed by atoms with van der Waals surface area (Å²) in [4.78, 5) is 23.1. The lowest BCUT2D eigenvalue weighted by molar-refractivity contribution is -0.118. The molecule has 1 aliphatic heterocycles. The van der Waals surface area contributed by atoms with Crippen LogP contribution in [0.1, 0.15) is 48.8 Å². The van der Waals surface area contributed by atoms with E-state index in [0.29, 0.717) is 5.16 Å². The first kappa shape index (κ1) is 22.0. The molecule has 0 radical (unpaired) electrons. The van der Waals surface area contributed by atoms with Gasteiger partial charge in [-0.2, -0.15) is 5.10 Å². The van der Waals surface area contributed by atoms with Gasteiger partial charge in [0.05, 0.1) is 17.5 Å². The fraction of sp³-hybridized carbons (Fsp3) is 0.391. The van der Waals surface area contributed by atoms with Crippen LogP contribution in [-0.2, 0) is 4.79 Å². The van der Waals surface area contributed by atoms with E-state index in [2.05, 4.69) is 78.3 Å². The first-order valence-electron chi connectivity index (χ1n) is 9.92. The summed E-state index contributed by atoms with van der Waals surface area (Å²) in [5.74, 6) is 0.0256. The smallest absolute Gasteiger partial charge is 0.250 e. The van der Waals surface area contributed by atoms with E-state index in [-0.39, 0.29) is 17.2 Å². The third-order valence-corrected chi connectivity index (χ3v) is 6.14. The number of rotatable bonds is 5. The lowest BCUT2D eigenvalue weighted by Crippen LogP contribution is -2.42. The molecule has 0 aliphatic carbocycles. The highest BCUT2D eigenvalue weighted by molar-refractivity contribution is 7.99. The van der Waals surface area contributed by atoms with Gasteiger partial charge in [0.1, 0.15) is 0 Å². The lowest BCUT2D eigenvalue weighted by atomic mass is 9.87. The summed E-state index contributed by atoms with van der Waals surface area (Å²) in [5.41, 5.74) is 10.1. The molecule has 2 aromatic rings. The minimum absolute atomic E-state index is 0.0235. The van der Waals surface area contributed by atoms with Crippen molar-refractivity contribution in [2.24, 2.45) is 5.10 Å². The standard InChI is InChI=1S/C23H29N5OS/c1-14-8-20-19(15(2)11-23(5,6)28(20)7)10-18(14)12-24-27-21(29)13-30-22-25-16(3)9-17(4)26-22/h8-12H,13H2,1-7H3,(H,27,29)/b24-12-. The van der Waals surface area contributed by atoms with Gasteiger partial charge < -0.3 is 4.90 Å². The van der Waals surface area contributed by atoms with Crippen LogP contribution in [0.15, 0.2) is 34.5 Å². The molecule has 7 heteroatoms. The fourth-order valence-corrected chi connectivity index (χ4v) is 4.29. The highest BCUT2D eigenvalue weighted by Crippen LogP contribution is 2.38. The van der Waals surface area contributed by atoms with Crippen LogP contribution in [0.5, 0.6) is 0 Å². The number of hydrazone groups is 1. The minimum Gasteiger partial charge on any atom is -0.365 e. The molecule has 1 aromatic carbocycles. The third-order valence-electron chi connectivity index (χ3n) is 5.29. The summed E-state index contributed by atoms with van der Waals surface area (Å²) in [6, 6.07) is 6.23. The fourth-order valence-electron chi connectivity index (χ4n) is 3.55. The molecule has 6 nitrogen and oxygen atoms in total. The third kappa shape index (κ3) is 4.90. The molecule has 3 rings (SSSR count). The number of fused-ring (bicyclic) bond motifs is 1. The van der Waals surface area contributed by atoms with Crippen LogP contribution >= 0.6 is 11.8 Å². The zero-order valence-electron chi connectivity index (χ0n) is 18.7. The predicted molar refractivity (Wildman–Crippen MR) is 125 cm³/mol. The van der Waals surface area contributed by atoms with Gasteiger partial charge in [-0.05, 0) is 76.4 Å². The van der Waals surface area contributed by atoms with Gasteiger partial charge in [-0.15, -0.1) is 0 Å². The highest BCUT2D eigenvalue weighted by Gasteiger charge is 2.28. The van der Waals surface area contributed by atoms with Crippen molar-refractivity contribution in [1.29, 1.82) is 0 Å². The van der Waals surface area contributed by atoms with Gasteiger partial charge >= 0.3 is 0 Å². The van der Waals surface area contributed by atoms with Crippen molar-refractivity contribution in [2.45, 2.75) is 52.2 Å². The van der Waals surface area contributed by atoms with Gasteiger partial charge in [-0.25, -0.2) is 15.4 Å². The van der Waals surface area contributed by atoms with Crippen LogP contribution in [0.2, 0.25) is 0 Å². The van der Waals surface area contributed by atoms with Crippen LogP contribution in [0, 0.1) is 20.8 Å². The molecule has 1 amide bonds. The molecule has 0 saturated heterocycles. The Bertz CT molecular complexity index is 1020. The van der Waals surface area contributed by atoms with Gasteiger partial charge in [0, 0.05) is 29.7 Å². The average Bonchev–Trinajstić information content (AvgIpc) is 2.64. The maximum absolute atomic E-state index is 12.1. The van der Waals surface area contributed by atoms with Crippen LogP contribution in [0.25, 0.3) is 5.57 Å². The number of nitrogens with one attached hydrogen (secondary N) is 1. The van der Waals surface area contributed by atoms with Crippen LogP contribution in [0.4, 0.5) is 5.69 Å². The monoisotopic (exact) mass is 423 g/mol. The Morgan fingerprint density at radius 3 is 2.50 bits per heavy atom. The molecule has 0 spiro atoms. The zero-order valence-corrected chi connectivity index (χ0v) is 19.5. The van der Waals surface area contributed by atoms with Gasteiger partial charge in [0.2, 0.25) is 0 Å². The van der Waals surface area contributed by atoms with Crippen molar-refractivity contribution in [1.82, 2.24) is 15.4 Å². The Morgan fingerprint density at radius 1 is 1.17 bits per heavy atom. The number of anilines is 1. The van der Waals surface area contributed by atoms with E-state index in [1.165, 1.54) is 28.6 Å². The number of carbonyl (C=O) groups is 1. The van der Waals surface area contributed by atoms with Crippen molar-refractivity contribution in [2.75, 3.05) is 17.7 Å². The van der Waals surface area contributed by atoms with E-state index in [4.69, 9.17) is 0 Å². The second-order valence-electron chi connectivity index (χ2n) is 8.28. The molecule has 158 valence electrons. The maximum Gasteiger partial charge on any atom is 0.250 e. The Morgan fingerprint density at radius 2 is 1.83 bits per heavy atom. The number of benzene rings is 1. The number of amides is 1. The maximum atomic E-state index is 12.1. The molecule has 30 heavy (non-hydrogen) atoms. The van der Waals surface area contributed by atoms with Crippen LogP contribution < -0.4 is 10.3 Å². The molecule has 1 N–H and O–H groups in total. The minimum atomic E-state index is -0.188. The Kier molecular flexibility index (Phi) is 6.31. The van der Waals surface area contributed by atoms with Gasteiger partial charge in [0.25, 0.3) is 5.91 Å². The SMILES string of the molecule is CC1=CC(C)(C)N(C)c2cc(C)c(/C=N\NC(=O)CSc3nc(C)cc(C)n3)cc21. The van der Waals surface area contributed by atoms with Gasteiger partial charge in [0.15, 0.2) is 5.16 Å². The van der Waals surface area contributed by atoms with Crippen molar-refractivity contribution in [3.05, 3.63) is 52.4 Å². The molecule has 0 saturated carbocycles. The summed E-state index contributed by atoms with van der Waals surface area (Å²) >= 11 is 1.30. The number of aromatic nitrogens is 2. The second-order valence-corrected chi connectivity index (χ2v) is 9.22. The quantitative estimate of drug-likeness (QED) is 0.336. The number of thioether (sulfide) groups is 1. The summed E-state index contributed by atoms with van der Waals surface area (Å²) < 4.78 is 0. The number of hydrogen-bond donors (Lipinski definition) is 1. The lowest BCUT2D eigenvalue weighted by Gasteiger charge is -2.41. The highest BCUT2D eigenvalue weighted by atomic mass is 32.2. The van der Waals surface area contributed by atoms with E-state index in [1.807, 2.05) is 19.9 Å². The summed E-state index contributed by atoms with van der Waals surface area (Å²) in [6.07, 6.45) is 3.98. The molecule has 0 fully saturated rings. The zero-order chi connectivity index (χ0) is 22.1. The summed E-state index contributed by atoms with van der Waals surface area (Å²) in [7, 11) is 2.12. The van der Waals surface area contributed by atoms with E-state index in [9.17, 15) is 4.79 Å². The van der Waals surface area contributed by atoms with E-state index >= 15 is 0 Å². The van der Waals surface area contributed by atoms with E-state index in [1.54, 1.807) is 6.21 Å². The number of nitrogens with zero attached hydrogens (tertiary/aromatic N) is 4. The van der Waals surface area contributed by atoms with Crippen LogP contribution in [0.3, 0.4) is 0 Å². The normalized spacial score (nSPS) is 15.2. The Labute approximate surface area is 182 Å². The second kappa shape index (κ2) is 8.60. The molecule has 1 aromatic heterocycles. The first-order chi connectivity index (χ1) is 14.1. The number of hydrogen-bond acceptors (Lipinski definition) is 6. The Hall–Kier alpha value is -2.67. The number of aryl methyl sites for hydroxylation is 3. The molecule has 0 atom stereocenters. The Balaban J connectivity index is 1.66. The van der Waals surface area contributed by atoms with Crippen molar-refractivity contribution < 1.29 is 4.79 Å². The molecular weight excluding hydrogens is 394 g/mol. The van der Waals surface area contributed by atoms with E-state index < -0.39 is 0 Å². The summed E-state index contributed by atoms with van der Waals surface area (Å²) in [6.45, 7) is 12.4. The molecule has 2 heterocycles. The largest absolute Gasteiger partial charge is 0.365 e. The van der Waals surface area contributed by atoms with Crippen LogP contribution in [-0.4, -0.2) is 40.4 Å².